The summed E-state index contributed by atoms with van der Waals surface area (Å²) < 4.78 is 10.9. The van der Waals surface area contributed by atoms with Gasteiger partial charge < -0.3 is 24.8 Å². The minimum atomic E-state index is -0.977. The molecule has 0 aliphatic carbocycles. The number of rotatable bonds is 12. The molecule has 0 aromatic heterocycles. The van der Waals surface area contributed by atoms with E-state index in [4.69, 9.17) is 9.47 Å². The highest BCUT2D eigenvalue weighted by Crippen LogP contribution is 2.19. The van der Waals surface area contributed by atoms with Crippen molar-refractivity contribution in [2.45, 2.75) is 76.3 Å². The monoisotopic (exact) mass is 316 g/mol. The second-order valence-corrected chi connectivity index (χ2v) is 5.93. The van der Waals surface area contributed by atoms with Gasteiger partial charge in [0.1, 0.15) is 24.4 Å². The Morgan fingerprint density at radius 3 is 2.41 bits per heavy atom. The van der Waals surface area contributed by atoms with Crippen molar-refractivity contribution in [2.75, 3.05) is 19.8 Å². The Labute approximate surface area is 133 Å². The maximum absolute atomic E-state index is 9.75. The lowest BCUT2D eigenvalue weighted by molar-refractivity contribution is -0.101. The van der Waals surface area contributed by atoms with Crippen molar-refractivity contribution >= 4 is 0 Å². The Morgan fingerprint density at radius 1 is 1.14 bits per heavy atom. The van der Waals surface area contributed by atoms with Crippen LogP contribution in [0, 0.1) is 0 Å². The standard InChI is InChI=1S/C17H32O5/c1-2-3-4-5-6-7-8-9-10-11-21-15(12-18)17-16(20)14(19)13-22-17/h2-3,14-20H,4-13H2,1H3/b3-2+/t14-,15+,16-,17-/m1/s1. The van der Waals surface area contributed by atoms with Crippen LogP contribution < -0.4 is 0 Å². The number of aliphatic hydroxyl groups excluding tert-OH is 3. The summed E-state index contributed by atoms with van der Waals surface area (Å²) in [6, 6.07) is 0. The van der Waals surface area contributed by atoms with Crippen LogP contribution in [0.2, 0.25) is 0 Å². The molecule has 0 bridgehead atoms. The van der Waals surface area contributed by atoms with Crippen LogP contribution in [0.3, 0.4) is 0 Å². The number of ether oxygens (including phenoxy) is 2. The van der Waals surface area contributed by atoms with E-state index in [0.29, 0.717) is 6.61 Å². The van der Waals surface area contributed by atoms with Crippen molar-refractivity contribution in [3.63, 3.8) is 0 Å². The highest BCUT2D eigenvalue weighted by atomic mass is 16.6. The van der Waals surface area contributed by atoms with Crippen molar-refractivity contribution in [3.05, 3.63) is 12.2 Å². The number of unbranched alkanes of at least 4 members (excludes halogenated alkanes) is 6. The van der Waals surface area contributed by atoms with E-state index in [9.17, 15) is 15.3 Å². The van der Waals surface area contributed by atoms with E-state index in [1.807, 2.05) is 0 Å². The Hall–Kier alpha value is -0.460. The van der Waals surface area contributed by atoms with Gasteiger partial charge in [0.25, 0.3) is 0 Å². The zero-order valence-electron chi connectivity index (χ0n) is 13.7. The van der Waals surface area contributed by atoms with Crippen molar-refractivity contribution in [3.8, 4) is 0 Å². The maximum atomic E-state index is 9.75. The fourth-order valence-corrected chi connectivity index (χ4v) is 2.68. The fourth-order valence-electron chi connectivity index (χ4n) is 2.68. The molecular formula is C17H32O5. The van der Waals surface area contributed by atoms with Gasteiger partial charge in [0, 0.05) is 6.61 Å². The highest BCUT2D eigenvalue weighted by molar-refractivity contribution is 4.88. The number of hydrogen-bond acceptors (Lipinski definition) is 5. The molecule has 4 atom stereocenters. The summed E-state index contributed by atoms with van der Waals surface area (Å²) >= 11 is 0. The molecule has 0 unspecified atom stereocenters. The van der Waals surface area contributed by atoms with Gasteiger partial charge >= 0.3 is 0 Å². The molecule has 0 spiro atoms. The van der Waals surface area contributed by atoms with Crippen molar-refractivity contribution in [2.24, 2.45) is 0 Å². The van der Waals surface area contributed by atoms with Gasteiger partial charge in [-0.15, -0.1) is 0 Å². The van der Waals surface area contributed by atoms with E-state index in [1.165, 1.54) is 32.1 Å². The van der Waals surface area contributed by atoms with E-state index in [0.717, 1.165) is 12.8 Å². The molecule has 130 valence electrons. The third-order valence-corrected chi connectivity index (χ3v) is 4.07. The first-order valence-corrected chi connectivity index (χ1v) is 8.52. The number of aliphatic hydroxyl groups is 3. The van der Waals surface area contributed by atoms with Crippen LogP contribution >= 0.6 is 0 Å². The molecule has 5 heteroatoms. The Balaban J connectivity index is 2.01. The van der Waals surface area contributed by atoms with Gasteiger partial charge in [0.15, 0.2) is 0 Å². The maximum Gasteiger partial charge on any atom is 0.114 e. The lowest BCUT2D eigenvalue weighted by Crippen LogP contribution is -2.42. The molecule has 0 aromatic carbocycles. The molecule has 1 saturated heterocycles. The van der Waals surface area contributed by atoms with E-state index in [-0.39, 0.29) is 13.2 Å². The summed E-state index contributed by atoms with van der Waals surface area (Å²) in [7, 11) is 0. The average Bonchev–Trinajstić information content (AvgIpc) is 2.85. The quantitative estimate of drug-likeness (QED) is 0.378. The van der Waals surface area contributed by atoms with Gasteiger partial charge in [-0.25, -0.2) is 0 Å². The van der Waals surface area contributed by atoms with Crippen LogP contribution in [0.25, 0.3) is 0 Å². The van der Waals surface area contributed by atoms with Gasteiger partial charge in [-0.3, -0.25) is 0 Å². The zero-order valence-corrected chi connectivity index (χ0v) is 13.7. The lowest BCUT2D eigenvalue weighted by Gasteiger charge is -2.24. The minimum absolute atomic E-state index is 0.0961. The summed E-state index contributed by atoms with van der Waals surface area (Å²) in [5.74, 6) is 0. The predicted octanol–water partition coefficient (Wildman–Crippen LogP) is 1.79. The molecule has 3 N–H and O–H groups in total. The Bertz CT molecular complexity index is 295. The molecule has 1 aliphatic heterocycles. The first-order chi connectivity index (χ1) is 10.7. The van der Waals surface area contributed by atoms with Crippen LogP contribution in [-0.2, 0) is 9.47 Å². The summed E-state index contributed by atoms with van der Waals surface area (Å²) in [6.45, 7) is 2.49. The minimum Gasteiger partial charge on any atom is -0.394 e. The summed E-state index contributed by atoms with van der Waals surface area (Å²) in [6.07, 6.45) is 9.44. The van der Waals surface area contributed by atoms with Crippen LogP contribution in [-0.4, -0.2) is 59.6 Å². The molecule has 1 rings (SSSR count). The van der Waals surface area contributed by atoms with Gasteiger partial charge in [0.05, 0.1) is 13.2 Å². The molecule has 0 amide bonds. The normalized spacial score (nSPS) is 26.8. The lowest BCUT2D eigenvalue weighted by atomic mass is 10.1. The third-order valence-electron chi connectivity index (χ3n) is 4.07. The number of hydrogen-bond donors (Lipinski definition) is 3. The van der Waals surface area contributed by atoms with Crippen LogP contribution in [0.5, 0.6) is 0 Å². The predicted molar refractivity (Wildman–Crippen MR) is 85.7 cm³/mol. The van der Waals surface area contributed by atoms with E-state index < -0.39 is 24.4 Å². The molecular weight excluding hydrogens is 284 g/mol. The Morgan fingerprint density at radius 2 is 1.82 bits per heavy atom. The van der Waals surface area contributed by atoms with E-state index in [2.05, 4.69) is 19.1 Å². The fraction of sp³-hybridized carbons (Fsp3) is 0.882. The van der Waals surface area contributed by atoms with Crippen LogP contribution in [0.1, 0.15) is 51.9 Å². The zero-order chi connectivity index (χ0) is 16.2. The topological polar surface area (TPSA) is 79.2 Å². The van der Waals surface area contributed by atoms with Crippen molar-refractivity contribution in [1.82, 2.24) is 0 Å². The van der Waals surface area contributed by atoms with Crippen LogP contribution in [0.4, 0.5) is 0 Å². The van der Waals surface area contributed by atoms with Gasteiger partial charge in [-0.2, -0.15) is 0 Å². The molecule has 1 aliphatic rings. The molecule has 0 radical (unpaired) electrons. The summed E-state index contributed by atoms with van der Waals surface area (Å²) in [5, 5.41) is 28.5. The van der Waals surface area contributed by atoms with Gasteiger partial charge in [-0.05, 0) is 26.2 Å². The van der Waals surface area contributed by atoms with E-state index >= 15 is 0 Å². The molecule has 1 fully saturated rings. The van der Waals surface area contributed by atoms with Crippen LogP contribution in [0.15, 0.2) is 12.2 Å². The van der Waals surface area contributed by atoms with Crippen molar-refractivity contribution < 1.29 is 24.8 Å². The summed E-state index contributed by atoms with van der Waals surface area (Å²) in [5.41, 5.74) is 0. The van der Waals surface area contributed by atoms with Gasteiger partial charge in [0.2, 0.25) is 0 Å². The first kappa shape index (κ1) is 19.6. The molecule has 5 nitrogen and oxygen atoms in total. The molecule has 0 saturated carbocycles. The molecule has 1 heterocycles. The van der Waals surface area contributed by atoms with Gasteiger partial charge in [-0.1, -0.05) is 37.8 Å². The average molecular weight is 316 g/mol. The Kier molecular flexibility index (Phi) is 10.7. The second kappa shape index (κ2) is 12.0. The first-order valence-electron chi connectivity index (χ1n) is 8.52. The number of allylic oxidation sites excluding steroid dienone is 2. The van der Waals surface area contributed by atoms with Crippen molar-refractivity contribution in [1.29, 1.82) is 0 Å². The molecule has 22 heavy (non-hydrogen) atoms. The molecule has 0 aromatic rings. The summed E-state index contributed by atoms with van der Waals surface area (Å²) in [4.78, 5) is 0. The smallest absolute Gasteiger partial charge is 0.114 e. The second-order valence-electron chi connectivity index (χ2n) is 5.93. The third kappa shape index (κ3) is 7.20. The largest absolute Gasteiger partial charge is 0.394 e. The van der Waals surface area contributed by atoms with E-state index in [1.54, 1.807) is 0 Å². The SMILES string of the molecule is C/C=C/CCCCCCCCO[C@@H](CO)[C@H]1OC[C@@H](O)[C@H]1O. The highest BCUT2D eigenvalue weighted by Gasteiger charge is 2.40.